The molecule has 184 valence electrons. The zero-order chi connectivity index (χ0) is 25.4. The van der Waals surface area contributed by atoms with Crippen molar-refractivity contribution in [3.05, 3.63) is 106 Å². The van der Waals surface area contributed by atoms with E-state index in [1.54, 1.807) is 72.8 Å². The zero-order valence-corrected chi connectivity index (χ0v) is 19.0. The van der Waals surface area contributed by atoms with E-state index in [1.807, 2.05) is 0 Å². The SMILES string of the molecule is O=C(c1ccccc1)c1cccc2oc(-c3ccccc3)c(C3O[C@H](CO)[C@@H](O)[C@H](O)[C@H]3O)c(=O)c12. The minimum Gasteiger partial charge on any atom is -0.455 e. The van der Waals surface area contributed by atoms with E-state index in [0.29, 0.717) is 11.1 Å². The molecule has 5 rings (SSSR count). The quantitative estimate of drug-likeness (QED) is 0.314. The number of aliphatic hydroxyl groups is 4. The maximum Gasteiger partial charge on any atom is 0.200 e. The molecule has 5 atom stereocenters. The van der Waals surface area contributed by atoms with E-state index in [4.69, 9.17) is 9.15 Å². The van der Waals surface area contributed by atoms with Gasteiger partial charge in [0.25, 0.3) is 0 Å². The summed E-state index contributed by atoms with van der Waals surface area (Å²) in [6, 6.07) is 21.9. The summed E-state index contributed by atoms with van der Waals surface area (Å²) in [6.07, 6.45) is -7.67. The number of carbonyl (C=O) groups excluding carboxylic acids is 1. The molecule has 36 heavy (non-hydrogen) atoms. The van der Waals surface area contributed by atoms with Crippen molar-refractivity contribution in [2.24, 2.45) is 0 Å². The van der Waals surface area contributed by atoms with Crippen LogP contribution in [0.4, 0.5) is 0 Å². The van der Waals surface area contributed by atoms with Gasteiger partial charge in [0.2, 0.25) is 0 Å². The largest absolute Gasteiger partial charge is 0.455 e. The monoisotopic (exact) mass is 488 g/mol. The van der Waals surface area contributed by atoms with Gasteiger partial charge >= 0.3 is 0 Å². The van der Waals surface area contributed by atoms with Crippen LogP contribution >= 0.6 is 0 Å². The number of benzene rings is 3. The molecule has 3 aromatic carbocycles. The first-order valence-corrected chi connectivity index (χ1v) is 11.5. The molecular formula is C28H24O8. The molecule has 1 aliphatic heterocycles. The van der Waals surface area contributed by atoms with Gasteiger partial charge in [-0.05, 0) is 6.07 Å². The molecule has 0 spiro atoms. The summed E-state index contributed by atoms with van der Waals surface area (Å²) in [7, 11) is 0. The van der Waals surface area contributed by atoms with Crippen LogP contribution < -0.4 is 5.43 Å². The number of fused-ring (bicyclic) bond motifs is 1. The first-order chi connectivity index (χ1) is 17.4. The van der Waals surface area contributed by atoms with E-state index >= 15 is 0 Å². The van der Waals surface area contributed by atoms with Gasteiger partial charge in [-0.15, -0.1) is 0 Å². The number of aliphatic hydroxyl groups excluding tert-OH is 4. The highest BCUT2D eigenvalue weighted by Gasteiger charge is 2.46. The Morgan fingerprint density at radius 3 is 2.14 bits per heavy atom. The van der Waals surface area contributed by atoms with Crippen molar-refractivity contribution in [2.75, 3.05) is 6.61 Å². The van der Waals surface area contributed by atoms with Gasteiger partial charge in [0.15, 0.2) is 11.2 Å². The standard InChI is InChI=1S/C28H24O8/c29-14-19-23(31)25(33)26(34)28(36-19)21-24(32)20-17(22(30)15-8-3-1-4-9-15)12-7-13-18(20)35-27(21)16-10-5-2-6-11-16/h1-13,19,23,25-26,28-29,31,33-34H,14H2/t19-,23-,25+,26-,28?/m1/s1. The molecule has 8 nitrogen and oxygen atoms in total. The minimum atomic E-state index is -1.71. The lowest BCUT2D eigenvalue weighted by Gasteiger charge is -2.40. The van der Waals surface area contributed by atoms with Crippen LogP contribution in [0.1, 0.15) is 27.6 Å². The van der Waals surface area contributed by atoms with Crippen LogP contribution in [0, 0.1) is 0 Å². The number of hydrogen-bond acceptors (Lipinski definition) is 8. The molecule has 1 aliphatic rings. The normalized spacial score (nSPS) is 24.1. The molecule has 1 saturated heterocycles. The third-order valence-corrected chi connectivity index (χ3v) is 6.45. The lowest BCUT2D eigenvalue weighted by Crippen LogP contribution is -2.55. The van der Waals surface area contributed by atoms with Gasteiger partial charge in [-0.1, -0.05) is 72.8 Å². The minimum absolute atomic E-state index is 0.00186. The van der Waals surface area contributed by atoms with Crippen LogP contribution in [-0.4, -0.2) is 57.2 Å². The predicted octanol–water partition coefficient (Wildman–Crippen LogP) is 2.21. The van der Waals surface area contributed by atoms with Gasteiger partial charge in [-0.3, -0.25) is 9.59 Å². The molecule has 1 fully saturated rings. The van der Waals surface area contributed by atoms with Crippen LogP contribution in [0.5, 0.6) is 0 Å². The van der Waals surface area contributed by atoms with Crippen LogP contribution in [0.3, 0.4) is 0 Å². The molecule has 1 unspecified atom stereocenters. The van der Waals surface area contributed by atoms with E-state index in [9.17, 15) is 30.0 Å². The molecular weight excluding hydrogens is 464 g/mol. The molecule has 0 amide bonds. The first-order valence-electron chi connectivity index (χ1n) is 11.5. The average molecular weight is 488 g/mol. The second kappa shape index (κ2) is 9.77. The smallest absolute Gasteiger partial charge is 0.200 e. The van der Waals surface area contributed by atoms with Gasteiger partial charge in [0, 0.05) is 16.7 Å². The summed E-state index contributed by atoms with van der Waals surface area (Å²) in [5.74, 6) is -0.303. The average Bonchev–Trinajstić information content (AvgIpc) is 2.92. The molecule has 0 radical (unpaired) electrons. The van der Waals surface area contributed by atoms with Gasteiger partial charge in [-0.25, -0.2) is 0 Å². The Hall–Kier alpha value is -3.66. The second-order valence-electron chi connectivity index (χ2n) is 8.66. The Morgan fingerprint density at radius 1 is 0.806 bits per heavy atom. The van der Waals surface area contributed by atoms with Crippen LogP contribution in [-0.2, 0) is 4.74 Å². The molecule has 2 heterocycles. The van der Waals surface area contributed by atoms with Crippen LogP contribution in [0.15, 0.2) is 88.1 Å². The molecule has 0 aliphatic carbocycles. The van der Waals surface area contributed by atoms with Gasteiger partial charge in [0.05, 0.1) is 17.6 Å². The Morgan fingerprint density at radius 2 is 1.47 bits per heavy atom. The number of ether oxygens (including phenoxy) is 1. The molecule has 8 heteroatoms. The predicted molar refractivity (Wildman–Crippen MR) is 131 cm³/mol. The number of hydrogen-bond donors (Lipinski definition) is 4. The molecule has 1 aromatic heterocycles. The highest BCUT2D eigenvalue weighted by atomic mass is 16.5. The van der Waals surface area contributed by atoms with Gasteiger partial charge < -0.3 is 29.6 Å². The fourth-order valence-electron chi connectivity index (χ4n) is 4.59. The van der Waals surface area contributed by atoms with Gasteiger partial charge in [0.1, 0.15) is 41.9 Å². The summed E-state index contributed by atoms with van der Waals surface area (Å²) < 4.78 is 11.9. The molecule has 0 saturated carbocycles. The second-order valence-corrected chi connectivity index (χ2v) is 8.66. The lowest BCUT2D eigenvalue weighted by molar-refractivity contribution is -0.232. The van der Waals surface area contributed by atoms with E-state index in [2.05, 4.69) is 0 Å². The van der Waals surface area contributed by atoms with Gasteiger partial charge in [-0.2, -0.15) is 0 Å². The summed E-state index contributed by atoms with van der Waals surface area (Å²) >= 11 is 0. The molecule has 4 aromatic rings. The van der Waals surface area contributed by atoms with E-state index < -0.39 is 42.6 Å². The molecule has 4 N–H and O–H groups in total. The van der Waals surface area contributed by atoms with Crippen molar-refractivity contribution in [1.29, 1.82) is 0 Å². The molecule has 0 bridgehead atoms. The third kappa shape index (κ3) is 4.05. The van der Waals surface area contributed by atoms with Crippen molar-refractivity contribution in [1.82, 2.24) is 0 Å². The first kappa shape index (κ1) is 24.1. The van der Waals surface area contributed by atoms with Crippen LogP contribution in [0.2, 0.25) is 0 Å². The van der Waals surface area contributed by atoms with Crippen molar-refractivity contribution in [2.45, 2.75) is 30.5 Å². The van der Waals surface area contributed by atoms with Crippen molar-refractivity contribution in [3.63, 3.8) is 0 Å². The number of carbonyl (C=O) groups is 1. The van der Waals surface area contributed by atoms with Crippen LogP contribution in [0.25, 0.3) is 22.3 Å². The van der Waals surface area contributed by atoms with Crippen molar-refractivity contribution in [3.8, 4) is 11.3 Å². The van der Waals surface area contributed by atoms with E-state index in [1.165, 1.54) is 6.07 Å². The highest BCUT2D eigenvalue weighted by Crippen LogP contribution is 2.38. The highest BCUT2D eigenvalue weighted by molar-refractivity contribution is 6.15. The van der Waals surface area contributed by atoms with E-state index in [0.717, 1.165) is 0 Å². The summed E-state index contributed by atoms with van der Waals surface area (Å²) in [4.78, 5) is 27.4. The summed E-state index contributed by atoms with van der Waals surface area (Å²) in [5, 5.41) is 41.2. The Kier molecular flexibility index (Phi) is 6.53. The maximum atomic E-state index is 14.1. The lowest BCUT2D eigenvalue weighted by atomic mass is 9.88. The fourth-order valence-corrected chi connectivity index (χ4v) is 4.59. The zero-order valence-electron chi connectivity index (χ0n) is 19.0. The topological polar surface area (TPSA) is 137 Å². The van der Waals surface area contributed by atoms with Crippen molar-refractivity contribution >= 4 is 16.8 Å². The fraction of sp³-hybridized carbons (Fsp3) is 0.214. The number of rotatable bonds is 5. The van der Waals surface area contributed by atoms with Crippen molar-refractivity contribution < 1.29 is 34.4 Å². The summed E-state index contributed by atoms with van der Waals surface area (Å²) in [6.45, 7) is -0.654. The Labute approximate surface area is 205 Å². The Balaban J connectivity index is 1.79. The third-order valence-electron chi connectivity index (χ3n) is 6.45. The number of ketones is 1. The summed E-state index contributed by atoms with van der Waals surface area (Å²) in [5.41, 5.74) is 0.402. The van der Waals surface area contributed by atoms with E-state index in [-0.39, 0.29) is 33.6 Å². The maximum absolute atomic E-state index is 14.1. The Bertz CT molecular complexity index is 1450.